The minimum absolute atomic E-state index is 0.0241. The van der Waals surface area contributed by atoms with E-state index >= 15 is 0 Å². The first-order valence-electron chi connectivity index (χ1n) is 5.36. The quantitative estimate of drug-likeness (QED) is 0.772. The molecule has 0 spiro atoms. The molecule has 0 atom stereocenters. The van der Waals surface area contributed by atoms with Crippen molar-refractivity contribution < 1.29 is 9.59 Å². The van der Waals surface area contributed by atoms with Gasteiger partial charge in [-0.05, 0) is 32.2 Å². The Balaban J connectivity index is 2.12. The standard InChI is InChI=1S/C12H14N2O2S/c1-8-12(2,3)11(16)14(13-8)6-10(15)9-4-5-17-7-9/h4-5,7H,6H2,1-3H3. The number of carbonyl (C=O) groups excluding carboxylic acids is 2. The molecule has 17 heavy (non-hydrogen) atoms. The van der Waals surface area contributed by atoms with Gasteiger partial charge in [-0.2, -0.15) is 16.4 Å². The third-order valence-electron chi connectivity index (χ3n) is 3.08. The second-order valence-electron chi connectivity index (χ2n) is 4.61. The van der Waals surface area contributed by atoms with Crippen LogP contribution in [0.3, 0.4) is 0 Å². The highest BCUT2D eigenvalue weighted by molar-refractivity contribution is 7.08. The van der Waals surface area contributed by atoms with Crippen LogP contribution in [-0.4, -0.2) is 29.0 Å². The zero-order chi connectivity index (χ0) is 12.6. The first-order chi connectivity index (χ1) is 7.93. The van der Waals surface area contributed by atoms with Crippen LogP contribution in [0.2, 0.25) is 0 Å². The summed E-state index contributed by atoms with van der Waals surface area (Å²) in [5, 5.41) is 9.06. The molecular formula is C12H14N2O2S. The second-order valence-corrected chi connectivity index (χ2v) is 5.39. The normalized spacial score (nSPS) is 18.4. The van der Waals surface area contributed by atoms with Gasteiger partial charge in [0.15, 0.2) is 5.78 Å². The number of hydrogen-bond acceptors (Lipinski definition) is 4. The Morgan fingerprint density at radius 2 is 2.24 bits per heavy atom. The van der Waals surface area contributed by atoms with Crippen LogP contribution in [0, 0.1) is 5.41 Å². The Kier molecular flexibility index (Phi) is 2.87. The Morgan fingerprint density at radius 3 is 2.71 bits per heavy atom. The summed E-state index contributed by atoms with van der Waals surface area (Å²) in [5.41, 5.74) is 0.801. The molecule has 0 aromatic carbocycles. The molecule has 2 heterocycles. The lowest BCUT2D eigenvalue weighted by atomic mass is 9.88. The zero-order valence-corrected chi connectivity index (χ0v) is 10.9. The molecule has 0 aliphatic carbocycles. The van der Waals surface area contributed by atoms with Crippen molar-refractivity contribution in [3.8, 4) is 0 Å². The van der Waals surface area contributed by atoms with E-state index in [2.05, 4.69) is 5.10 Å². The molecule has 0 unspecified atom stereocenters. The Labute approximate surface area is 104 Å². The predicted molar refractivity (Wildman–Crippen MR) is 67.3 cm³/mol. The van der Waals surface area contributed by atoms with Gasteiger partial charge in [0.2, 0.25) is 0 Å². The van der Waals surface area contributed by atoms with Crippen molar-refractivity contribution in [1.29, 1.82) is 0 Å². The van der Waals surface area contributed by atoms with Crippen molar-refractivity contribution in [2.75, 3.05) is 6.54 Å². The molecule has 1 aliphatic heterocycles. The van der Waals surface area contributed by atoms with Crippen LogP contribution in [0.5, 0.6) is 0 Å². The van der Waals surface area contributed by atoms with Crippen LogP contribution in [0.25, 0.3) is 0 Å². The lowest BCUT2D eigenvalue weighted by molar-refractivity contribution is -0.134. The molecule has 1 aliphatic rings. The Bertz CT molecular complexity index is 489. The van der Waals surface area contributed by atoms with E-state index in [1.807, 2.05) is 26.2 Å². The highest BCUT2D eigenvalue weighted by Crippen LogP contribution is 2.28. The van der Waals surface area contributed by atoms with E-state index in [4.69, 9.17) is 0 Å². The van der Waals surface area contributed by atoms with Gasteiger partial charge < -0.3 is 0 Å². The number of Topliss-reactive ketones (excluding diaryl/α,β-unsaturated/α-hetero) is 1. The molecule has 0 bridgehead atoms. The van der Waals surface area contributed by atoms with Crippen molar-refractivity contribution >= 4 is 28.7 Å². The van der Waals surface area contributed by atoms with Crippen LogP contribution < -0.4 is 0 Å². The van der Waals surface area contributed by atoms with Gasteiger partial charge in [0.1, 0.15) is 6.54 Å². The fraction of sp³-hybridized carbons (Fsp3) is 0.417. The topological polar surface area (TPSA) is 49.7 Å². The number of nitrogens with zero attached hydrogens (tertiary/aromatic N) is 2. The number of ketones is 1. The third-order valence-corrected chi connectivity index (χ3v) is 3.76. The van der Waals surface area contributed by atoms with E-state index in [1.165, 1.54) is 16.3 Å². The maximum Gasteiger partial charge on any atom is 0.254 e. The second kappa shape index (κ2) is 4.07. The van der Waals surface area contributed by atoms with Crippen molar-refractivity contribution in [2.45, 2.75) is 20.8 Å². The predicted octanol–water partition coefficient (Wildman–Crippen LogP) is 2.18. The molecule has 4 nitrogen and oxygen atoms in total. The monoisotopic (exact) mass is 250 g/mol. The molecule has 0 fully saturated rings. The van der Waals surface area contributed by atoms with E-state index < -0.39 is 5.41 Å². The van der Waals surface area contributed by atoms with Crippen LogP contribution in [0.4, 0.5) is 0 Å². The highest BCUT2D eigenvalue weighted by atomic mass is 32.1. The average Bonchev–Trinajstić information content (AvgIpc) is 2.84. The SMILES string of the molecule is CC1=NN(CC(=O)c2ccsc2)C(=O)C1(C)C. The van der Waals surface area contributed by atoms with Crippen molar-refractivity contribution in [1.82, 2.24) is 5.01 Å². The minimum Gasteiger partial charge on any atom is -0.292 e. The summed E-state index contributed by atoms with van der Waals surface area (Å²) in [6.07, 6.45) is 0. The van der Waals surface area contributed by atoms with Gasteiger partial charge in [-0.1, -0.05) is 0 Å². The number of rotatable bonds is 3. The van der Waals surface area contributed by atoms with Gasteiger partial charge in [-0.15, -0.1) is 0 Å². The molecular weight excluding hydrogens is 236 g/mol. The van der Waals surface area contributed by atoms with Crippen molar-refractivity contribution in [3.63, 3.8) is 0 Å². The number of hydrazone groups is 1. The van der Waals surface area contributed by atoms with E-state index in [9.17, 15) is 9.59 Å². The Morgan fingerprint density at radius 1 is 1.53 bits per heavy atom. The van der Waals surface area contributed by atoms with E-state index in [0.717, 1.165) is 5.71 Å². The molecule has 1 amide bonds. The Hall–Kier alpha value is -1.49. The molecule has 5 heteroatoms. The van der Waals surface area contributed by atoms with Gasteiger partial charge >= 0.3 is 0 Å². The van der Waals surface area contributed by atoms with Gasteiger partial charge in [0.25, 0.3) is 5.91 Å². The molecule has 0 radical (unpaired) electrons. The number of hydrogen-bond donors (Lipinski definition) is 0. The van der Waals surface area contributed by atoms with Crippen LogP contribution in [-0.2, 0) is 4.79 Å². The summed E-state index contributed by atoms with van der Waals surface area (Å²) in [6.45, 7) is 5.48. The largest absolute Gasteiger partial charge is 0.292 e. The van der Waals surface area contributed by atoms with Crippen molar-refractivity contribution in [2.24, 2.45) is 10.5 Å². The van der Waals surface area contributed by atoms with E-state index in [1.54, 1.807) is 11.4 Å². The summed E-state index contributed by atoms with van der Waals surface area (Å²) < 4.78 is 0. The first kappa shape index (κ1) is 12.0. The van der Waals surface area contributed by atoms with E-state index in [-0.39, 0.29) is 18.2 Å². The molecule has 0 saturated carbocycles. The fourth-order valence-electron chi connectivity index (χ4n) is 1.59. The summed E-state index contributed by atoms with van der Waals surface area (Å²) in [4.78, 5) is 23.9. The van der Waals surface area contributed by atoms with Crippen LogP contribution >= 0.6 is 11.3 Å². The minimum atomic E-state index is -0.588. The number of carbonyl (C=O) groups is 2. The number of amides is 1. The maximum atomic E-state index is 12.0. The summed E-state index contributed by atoms with van der Waals surface area (Å²) in [7, 11) is 0. The molecule has 0 saturated heterocycles. The zero-order valence-electron chi connectivity index (χ0n) is 10.1. The third kappa shape index (κ3) is 2.02. The molecule has 2 rings (SSSR count). The van der Waals surface area contributed by atoms with Gasteiger partial charge in [-0.25, -0.2) is 5.01 Å². The van der Waals surface area contributed by atoms with Gasteiger partial charge in [0.05, 0.1) is 11.1 Å². The average molecular weight is 250 g/mol. The molecule has 1 aromatic heterocycles. The molecule has 1 aromatic rings. The van der Waals surface area contributed by atoms with E-state index in [0.29, 0.717) is 5.56 Å². The highest BCUT2D eigenvalue weighted by Gasteiger charge is 2.41. The summed E-state index contributed by atoms with van der Waals surface area (Å²) in [5.74, 6) is -0.188. The molecule has 90 valence electrons. The van der Waals surface area contributed by atoms with Crippen LogP contribution in [0.1, 0.15) is 31.1 Å². The summed E-state index contributed by atoms with van der Waals surface area (Å²) in [6, 6.07) is 1.76. The number of thiophene rings is 1. The van der Waals surface area contributed by atoms with Crippen LogP contribution in [0.15, 0.2) is 21.9 Å². The first-order valence-corrected chi connectivity index (χ1v) is 6.30. The lowest BCUT2D eigenvalue weighted by Gasteiger charge is -2.17. The lowest BCUT2D eigenvalue weighted by Crippen LogP contribution is -2.36. The fourth-order valence-corrected chi connectivity index (χ4v) is 2.25. The van der Waals surface area contributed by atoms with Crippen molar-refractivity contribution in [3.05, 3.63) is 22.4 Å². The van der Waals surface area contributed by atoms with Gasteiger partial charge in [0, 0.05) is 10.9 Å². The smallest absolute Gasteiger partial charge is 0.254 e. The summed E-state index contributed by atoms with van der Waals surface area (Å²) >= 11 is 1.47. The maximum absolute atomic E-state index is 12.0. The molecule has 0 N–H and O–H groups in total. The van der Waals surface area contributed by atoms with Gasteiger partial charge in [-0.3, -0.25) is 9.59 Å².